The minimum absolute atomic E-state index is 0.0885. The summed E-state index contributed by atoms with van der Waals surface area (Å²) in [4.78, 5) is 19.3. The second-order valence-electron chi connectivity index (χ2n) is 6.73. The van der Waals surface area contributed by atoms with Crippen molar-refractivity contribution in [3.8, 4) is 0 Å². The van der Waals surface area contributed by atoms with Gasteiger partial charge in [-0.15, -0.1) is 11.3 Å². The van der Waals surface area contributed by atoms with Crippen LogP contribution in [0.4, 0.5) is 4.39 Å². The van der Waals surface area contributed by atoms with Crippen molar-refractivity contribution in [3.05, 3.63) is 64.9 Å². The maximum absolute atomic E-state index is 13.1. The topological polar surface area (TPSA) is 33.2 Å². The number of aromatic nitrogens is 1. The Bertz CT molecular complexity index is 873. The summed E-state index contributed by atoms with van der Waals surface area (Å²) >= 11 is 1.71. The average Bonchev–Trinajstić information content (AvgIpc) is 3.29. The van der Waals surface area contributed by atoms with Gasteiger partial charge >= 0.3 is 0 Å². The lowest BCUT2D eigenvalue weighted by Crippen LogP contribution is -2.30. The summed E-state index contributed by atoms with van der Waals surface area (Å²) in [7, 11) is 0. The Hall–Kier alpha value is -2.27. The number of benzene rings is 2. The third kappa shape index (κ3) is 3.63. The number of aryl methyl sites for hydroxylation is 1. The molecule has 1 aliphatic heterocycles. The van der Waals surface area contributed by atoms with E-state index in [-0.39, 0.29) is 17.8 Å². The number of carbonyl (C=O) groups excluding carboxylic acids is 1. The molecule has 0 unspecified atom stereocenters. The Morgan fingerprint density at radius 2 is 2.00 bits per heavy atom. The van der Waals surface area contributed by atoms with Gasteiger partial charge in [-0.3, -0.25) is 4.79 Å². The van der Waals surface area contributed by atoms with Crippen molar-refractivity contribution in [1.82, 2.24) is 9.88 Å². The fraction of sp³-hybridized carbons (Fsp3) is 0.333. The van der Waals surface area contributed by atoms with Crippen LogP contribution < -0.4 is 0 Å². The third-order valence-electron chi connectivity index (χ3n) is 4.95. The predicted octanol–water partition coefficient (Wildman–Crippen LogP) is 5.12. The zero-order chi connectivity index (χ0) is 17.9. The number of hydrogen-bond donors (Lipinski definition) is 0. The normalized spacial score (nSPS) is 17.1. The van der Waals surface area contributed by atoms with Crippen LogP contribution in [0.1, 0.15) is 42.3 Å². The van der Waals surface area contributed by atoms with E-state index in [9.17, 15) is 9.18 Å². The van der Waals surface area contributed by atoms with Crippen LogP contribution in [-0.2, 0) is 11.2 Å². The molecular formula is C21H21FN2OS. The maximum atomic E-state index is 13.1. The Morgan fingerprint density at radius 1 is 1.19 bits per heavy atom. The fourth-order valence-electron chi connectivity index (χ4n) is 3.66. The number of para-hydroxylation sites is 1. The second-order valence-corrected chi connectivity index (χ2v) is 7.84. The minimum atomic E-state index is -0.236. The number of halogens is 1. The van der Waals surface area contributed by atoms with Crippen molar-refractivity contribution >= 4 is 27.5 Å². The molecule has 3 nitrogen and oxygen atoms in total. The van der Waals surface area contributed by atoms with Crippen LogP contribution in [0.2, 0.25) is 0 Å². The highest BCUT2D eigenvalue weighted by Crippen LogP contribution is 2.32. The van der Waals surface area contributed by atoms with Gasteiger partial charge < -0.3 is 4.90 Å². The van der Waals surface area contributed by atoms with E-state index in [4.69, 9.17) is 0 Å². The van der Waals surface area contributed by atoms with Gasteiger partial charge in [0.1, 0.15) is 5.82 Å². The van der Waals surface area contributed by atoms with E-state index in [0.29, 0.717) is 6.42 Å². The second kappa shape index (κ2) is 7.54. The molecule has 1 saturated heterocycles. The Labute approximate surface area is 156 Å². The van der Waals surface area contributed by atoms with Crippen LogP contribution in [0.15, 0.2) is 48.5 Å². The van der Waals surface area contributed by atoms with Crippen LogP contribution in [-0.4, -0.2) is 22.3 Å². The molecule has 26 heavy (non-hydrogen) atoms. The van der Waals surface area contributed by atoms with Gasteiger partial charge in [-0.05, 0) is 55.5 Å². The molecule has 0 spiro atoms. The summed E-state index contributed by atoms with van der Waals surface area (Å²) in [6.07, 6.45) is 4.14. The number of nitrogens with zero attached hydrogens (tertiary/aromatic N) is 2. The molecule has 2 heterocycles. The molecule has 5 heteroatoms. The molecule has 1 fully saturated rings. The summed E-state index contributed by atoms with van der Waals surface area (Å²) in [5.41, 5.74) is 2.07. The first-order valence-electron chi connectivity index (χ1n) is 9.10. The van der Waals surface area contributed by atoms with Crippen LogP contribution in [0, 0.1) is 5.82 Å². The van der Waals surface area contributed by atoms with E-state index in [1.165, 1.54) is 16.8 Å². The van der Waals surface area contributed by atoms with Gasteiger partial charge in [-0.2, -0.15) is 0 Å². The van der Waals surface area contributed by atoms with Gasteiger partial charge in [0.2, 0.25) is 5.91 Å². The molecule has 1 atom stereocenters. The highest BCUT2D eigenvalue weighted by atomic mass is 32.1. The summed E-state index contributed by atoms with van der Waals surface area (Å²) in [6, 6.07) is 14.8. The Morgan fingerprint density at radius 3 is 2.81 bits per heavy atom. The fourth-order valence-corrected chi connectivity index (χ4v) is 4.67. The highest BCUT2D eigenvalue weighted by molar-refractivity contribution is 7.18. The number of fused-ring (bicyclic) bond motifs is 1. The van der Waals surface area contributed by atoms with Crippen LogP contribution >= 0.6 is 11.3 Å². The van der Waals surface area contributed by atoms with Crippen LogP contribution in [0.25, 0.3) is 10.2 Å². The van der Waals surface area contributed by atoms with E-state index in [1.807, 2.05) is 23.1 Å². The zero-order valence-corrected chi connectivity index (χ0v) is 15.3. The largest absolute Gasteiger partial charge is 0.336 e. The lowest BCUT2D eigenvalue weighted by atomic mass is 10.0. The summed E-state index contributed by atoms with van der Waals surface area (Å²) in [6.45, 7) is 0.794. The van der Waals surface area contributed by atoms with Crippen molar-refractivity contribution in [3.63, 3.8) is 0 Å². The van der Waals surface area contributed by atoms with E-state index in [1.54, 1.807) is 23.5 Å². The summed E-state index contributed by atoms with van der Waals surface area (Å²) < 4.78 is 14.3. The van der Waals surface area contributed by atoms with Crippen LogP contribution in [0.5, 0.6) is 0 Å². The van der Waals surface area contributed by atoms with Crippen molar-refractivity contribution < 1.29 is 9.18 Å². The molecule has 1 aliphatic rings. The van der Waals surface area contributed by atoms with E-state index >= 15 is 0 Å². The zero-order valence-electron chi connectivity index (χ0n) is 14.5. The quantitative estimate of drug-likeness (QED) is 0.626. The predicted molar refractivity (Wildman–Crippen MR) is 103 cm³/mol. The lowest BCUT2D eigenvalue weighted by Gasteiger charge is -2.25. The number of hydrogen-bond acceptors (Lipinski definition) is 3. The summed E-state index contributed by atoms with van der Waals surface area (Å²) in [5, 5.41) is 1.09. The molecule has 0 bridgehead atoms. The first kappa shape index (κ1) is 17.2. The SMILES string of the molecule is O=C(CCCc1nc2ccccc2s1)N1CCC[C@H]1c1ccc(F)cc1. The van der Waals surface area contributed by atoms with Gasteiger partial charge in [-0.1, -0.05) is 24.3 Å². The molecule has 134 valence electrons. The van der Waals surface area contributed by atoms with E-state index in [0.717, 1.165) is 48.3 Å². The molecular weight excluding hydrogens is 347 g/mol. The Kier molecular flexibility index (Phi) is 4.98. The van der Waals surface area contributed by atoms with Gasteiger partial charge in [0.15, 0.2) is 0 Å². The van der Waals surface area contributed by atoms with Gasteiger partial charge in [0.25, 0.3) is 0 Å². The molecule has 0 saturated carbocycles. The van der Waals surface area contributed by atoms with Crippen molar-refractivity contribution in [2.45, 2.75) is 38.1 Å². The van der Waals surface area contributed by atoms with Gasteiger partial charge in [-0.25, -0.2) is 9.37 Å². The van der Waals surface area contributed by atoms with E-state index in [2.05, 4.69) is 11.1 Å². The smallest absolute Gasteiger partial charge is 0.223 e. The number of thiazole rings is 1. The number of amides is 1. The average molecular weight is 368 g/mol. The van der Waals surface area contributed by atoms with Gasteiger partial charge in [0, 0.05) is 13.0 Å². The number of likely N-dealkylation sites (tertiary alicyclic amines) is 1. The molecule has 1 aromatic heterocycles. The molecule has 0 radical (unpaired) electrons. The number of rotatable bonds is 5. The Balaban J connectivity index is 1.35. The molecule has 1 amide bonds. The first-order valence-corrected chi connectivity index (χ1v) is 9.92. The van der Waals surface area contributed by atoms with Crippen molar-refractivity contribution in [2.75, 3.05) is 6.54 Å². The monoisotopic (exact) mass is 368 g/mol. The molecule has 4 rings (SSSR count). The van der Waals surface area contributed by atoms with Crippen molar-refractivity contribution in [2.24, 2.45) is 0 Å². The maximum Gasteiger partial charge on any atom is 0.223 e. The molecule has 0 aliphatic carbocycles. The standard InChI is InChI=1S/C21H21FN2OS/c22-16-12-10-15(11-13-16)18-6-4-14-24(18)21(25)9-3-8-20-23-17-5-1-2-7-19(17)26-20/h1-2,5,7,10-13,18H,3-4,6,8-9,14H2/t18-/m0/s1. The lowest BCUT2D eigenvalue weighted by molar-refractivity contribution is -0.132. The minimum Gasteiger partial charge on any atom is -0.336 e. The number of carbonyl (C=O) groups is 1. The van der Waals surface area contributed by atoms with E-state index < -0.39 is 0 Å². The van der Waals surface area contributed by atoms with Crippen molar-refractivity contribution in [1.29, 1.82) is 0 Å². The van der Waals surface area contributed by atoms with Gasteiger partial charge in [0.05, 0.1) is 21.3 Å². The summed E-state index contributed by atoms with van der Waals surface area (Å²) in [5.74, 6) is -0.0432. The first-order chi connectivity index (χ1) is 12.7. The molecule has 2 aromatic carbocycles. The highest BCUT2D eigenvalue weighted by Gasteiger charge is 2.29. The molecule has 3 aromatic rings. The van der Waals surface area contributed by atoms with Crippen LogP contribution in [0.3, 0.4) is 0 Å². The molecule has 0 N–H and O–H groups in total. The third-order valence-corrected chi connectivity index (χ3v) is 6.04.